The van der Waals surface area contributed by atoms with Crippen molar-refractivity contribution in [3.8, 4) is 17.2 Å². The summed E-state index contributed by atoms with van der Waals surface area (Å²) in [5, 5.41) is 25.1. The van der Waals surface area contributed by atoms with Crippen molar-refractivity contribution in [1.29, 1.82) is 0 Å². The van der Waals surface area contributed by atoms with Gasteiger partial charge in [-0.15, -0.1) is 0 Å². The van der Waals surface area contributed by atoms with E-state index in [1.165, 1.54) is 0 Å². The molecule has 0 bridgehead atoms. The van der Waals surface area contributed by atoms with Crippen LogP contribution in [0.15, 0.2) is 103 Å². The SMILES string of the molecule is CC(C)(C)c1cc([C@@H]2c3ccccc3O[C@@H](c3c(O)ccc4ccccc34)[C@@H]2c2ccccc2)cc(C(C)(C)C)c1O. The lowest BCUT2D eigenvalue weighted by Gasteiger charge is -2.42. The molecule has 5 aromatic rings. The minimum absolute atomic E-state index is 0.0940. The fourth-order valence-corrected chi connectivity index (χ4v) is 6.65. The van der Waals surface area contributed by atoms with Gasteiger partial charge in [0, 0.05) is 23.0 Å². The van der Waals surface area contributed by atoms with Crippen molar-refractivity contribution in [1.82, 2.24) is 0 Å². The molecule has 0 fully saturated rings. The molecule has 0 spiro atoms. The standard InChI is InChI=1S/C39H40O3/c1-38(2,3)29-22-26(23-30(36(29)41)39(4,5)6)33-28-18-12-13-19-32(28)42-37(34(33)25-15-8-7-9-16-25)35-27-17-11-10-14-24(27)20-21-31(35)40/h7-23,33-34,37,40-41H,1-6H3/t33-,34-,37-/m1/s1. The molecule has 0 saturated heterocycles. The summed E-state index contributed by atoms with van der Waals surface area (Å²) < 4.78 is 6.94. The van der Waals surface area contributed by atoms with Crippen molar-refractivity contribution in [3.05, 3.63) is 137 Å². The van der Waals surface area contributed by atoms with Crippen molar-refractivity contribution in [3.63, 3.8) is 0 Å². The van der Waals surface area contributed by atoms with Crippen LogP contribution in [-0.2, 0) is 10.8 Å². The Morgan fingerprint density at radius 2 is 1.21 bits per heavy atom. The molecule has 42 heavy (non-hydrogen) atoms. The second-order valence-corrected chi connectivity index (χ2v) is 13.7. The number of ether oxygens (including phenoxy) is 1. The number of hydrogen-bond acceptors (Lipinski definition) is 3. The molecule has 5 aromatic carbocycles. The zero-order valence-corrected chi connectivity index (χ0v) is 25.3. The van der Waals surface area contributed by atoms with Gasteiger partial charge in [-0.1, -0.05) is 133 Å². The minimum atomic E-state index is -0.455. The average Bonchev–Trinajstić information content (AvgIpc) is 2.95. The molecule has 0 saturated carbocycles. The number of hydrogen-bond donors (Lipinski definition) is 2. The molecule has 2 N–H and O–H groups in total. The van der Waals surface area contributed by atoms with Crippen LogP contribution in [-0.4, -0.2) is 10.2 Å². The molecule has 3 nitrogen and oxygen atoms in total. The highest BCUT2D eigenvalue weighted by atomic mass is 16.5. The third kappa shape index (κ3) is 4.81. The van der Waals surface area contributed by atoms with Crippen LogP contribution in [0.2, 0.25) is 0 Å². The predicted molar refractivity (Wildman–Crippen MR) is 172 cm³/mol. The summed E-state index contributed by atoms with van der Waals surface area (Å²) in [6, 6.07) is 35.1. The Balaban J connectivity index is 1.70. The number of phenols is 2. The molecular formula is C39H40O3. The second kappa shape index (κ2) is 10.2. The van der Waals surface area contributed by atoms with Gasteiger partial charge < -0.3 is 14.9 Å². The molecule has 3 atom stereocenters. The highest BCUT2D eigenvalue weighted by molar-refractivity contribution is 5.88. The first kappa shape index (κ1) is 27.9. The fraction of sp³-hybridized carbons (Fsp3) is 0.282. The van der Waals surface area contributed by atoms with Gasteiger partial charge in [0.25, 0.3) is 0 Å². The smallest absolute Gasteiger partial charge is 0.136 e. The van der Waals surface area contributed by atoms with Crippen LogP contribution in [0.5, 0.6) is 17.2 Å². The maximum absolute atomic E-state index is 11.6. The number of phenolic OH excluding ortho intramolecular Hbond substituents is 2. The van der Waals surface area contributed by atoms with Gasteiger partial charge in [0.1, 0.15) is 23.4 Å². The van der Waals surface area contributed by atoms with Crippen LogP contribution in [0.1, 0.15) is 92.9 Å². The third-order valence-corrected chi connectivity index (χ3v) is 8.72. The molecule has 0 amide bonds. The van der Waals surface area contributed by atoms with Gasteiger partial charge in [0.2, 0.25) is 0 Å². The van der Waals surface area contributed by atoms with Crippen molar-refractivity contribution in [2.24, 2.45) is 0 Å². The van der Waals surface area contributed by atoms with Gasteiger partial charge in [-0.2, -0.15) is 0 Å². The van der Waals surface area contributed by atoms with Crippen LogP contribution in [0.25, 0.3) is 10.8 Å². The molecule has 6 rings (SSSR count). The van der Waals surface area contributed by atoms with E-state index in [0.29, 0.717) is 5.75 Å². The van der Waals surface area contributed by atoms with E-state index in [1.54, 1.807) is 6.07 Å². The minimum Gasteiger partial charge on any atom is -0.508 e. The van der Waals surface area contributed by atoms with Gasteiger partial charge in [-0.05, 0) is 56.0 Å². The molecule has 0 aliphatic carbocycles. The van der Waals surface area contributed by atoms with Crippen molar-refractivity contribution in [2.75, 3.05) is 0 Å². The summed E-state index contributed by atoms with van der Waals surface area (Å²) in [6.45, 7) is 12.9. The number of para-hydroxylation sites is 1. The fourth-order valence-electron chi connectivity index (χ4n) is 6.65. The van der Waals surface area contributed by atoms with E-state index in [-0.39, 0.29) is 28.4 Å². The summed E-state index contributed by atoms with van der Waals surface area (Å²) >= 11 is 0. The van der Waals surface area contributed by atoms with Crippen LogP contribution >= 0.6 is 0 Å². The Kier molecular flexibility index (Phi) is 6.80. The summed E-state index contributed by atoms with van der Waals surface area (Å²) in [5.41, 5.74) is 5.52. The van der Waals surface area contributed by atoms with E-state index in [1.807, 2.05) is 36.4 Å². The lowest BCUT2D eigenvalue weighted by molar-refractivity contribution is 0.139. The average molecular weight is 557 g/mol. The first-order valence-electron chi connectivity index (χ1n) is 14.8. The van der Waals surface area contributed by atoms with Crippen LogP contribution < -0.4 is 4.74 Å². The number of aromatic hydroxyl groups is 2. The maximum Gasteiger partial charge on any atom is 0.136 e. The van der Waals surface area contributed by atoms with Gasteiger partial charge in [-0.25, -0.2) is 0 Å². The Bertz CT molecular complexity index is 1720. The first-order chi connectivity index (χ1) is 19.9. The van der Waals surface area contributed by atoms with E-state index in [4.69, 9.17) is 4.74 Å². The zero-order valence-electron chi connectivity index (χ0n) is 25.3. The van der Waals surface area contributed by atoms with Crippen LogP contribution in [0, 0.1) is 0 Å². The maximum atomic E-state index is 11.6. The van der Waals surface area contributed by atoms with E-state index in [0.717, 1.165) is 49.9 Å². The van der Waals surface area contributed by atoms with Crippen LogP contribution in [0.4, 0.5) is 0 Å². The van der Waals surface area contributed by atoms with Crippen LogP contribution in [0.3, 0.4) is 0 Å². The molecule has 0 radical (unpaired) electrons. The Labute approximate surface area is 249 Å². The highest BCUT2D eigenvalue weighted by Crippen LogP contribution is 2.57. The molecule has 1 aliphatic heterocycles. The molecule has 1 aliphatic rings. The van der Waals surface area contributed by atoms with Gasteiger partial charge in [0.05, 0.1) is 0 Å². The van der Waals surface area contributed by atoms with Crippen molar-refractivity contribution in [2.45, 2.75) is 70.3 Å². The topological polar surface area (TPSA) is 49.7 Å². The largest absolute Gasteiger partial charge is 0.508 e. The summed E-state index contributed by atoms with van der Waals surface area (Å²) in [4.78, 5) is 0. The molecule has 0 unspecified atom stereocenters. The van der Waals surface area contributed by atoms with E-state index in [9.17, 15) is 10.2 Å². The molecule has 214 valence electrons. The molecule has 0 aromatic heterocycles. The second-order valence-electron chi connectivity index (χ2n) is 13.7. The van der Waals surface area contributed by atoms with Crippen molar-refractivity contribution < 1.29 is 14.9 Å². The third-order valence-electron chi connectivity index (χ3n) is 8.72. The van der Waals surface area contributed by atoms with Gasteiger partial charge >= 0.3 is 0 Å². The lowest BCUT2D eigenvalue weighted by Crippen LogP contribution is -2.30. The first-order valence-corrected chi connectivity index (χ1v) is 14.8. The van der Waals surface area contributed by atoms with Gasteiger partial charge in [-0.3, -0.25) is 0 Å². The van der Waals surface area contributed by atoms with E-state index < -0.39 is 6.10 Å². The zero-order chi connectivity index (χ0) is 29.8. The van der Waals surface area contributed by atoms with E-state index in [2.05, 4.69) is 102 Å². The van der Waals surface area contributed by atoms with Crippen molar-refractivity contribution >= 4 is 10.8 Å². The molecule has 3 heteroatoms. The predicted octanol–water partition coefficient (Wildman–Crippen LogP) is 9.90. The molecular weight excluding hydrogens is 516 g/mol. The number of fused-ring (bicyclic) bond motifs is 2. The molecule has 1 heterocycles. The summed E-state index contributed by atoms with van der Waals surface area (Å²) in [7, 11) is 0. The summed E-state index contributed by atoms with van der Waals surface area (Å²) in [6.07, 6.45) is -0.455. The number of rotatable bonds is 3. The highest BCUT2D eigenvalue weighted by Gasteiger charge is 2.43. The summed E-state index contributed by atoms with van der Waals surface area (Å²) in [5.74, 6) is 1.18. The normalized spacial score (nSPS) is 18.9. The Hall–Kier alpha value is -4.24. The lowest BCUT2D eigenvalue weighted by atomic mass is 9.68. The Morgan fingerprint density at radius 1 is 0.619 bits per heavy atom. The Morgan fingerprint density at radius 3 is 1.88 bits per heavy atom. The monoisotopic (exact) mass is 556 g/mol. The quantitative estimate of drug-likeness (QED) is 0.232. The number of benzene rings is 5. The van der Waals surface area contributed by atoms with Gasteiger partial charge in [0.15, 0.2) is 0 Å². The van der Waals surface area contributed by atoms with E-state index >= 15 is 0 Å².